The minimum atomic E-state index is -3.98. The van der Waals surface area contributed by atoms with E-state index in [2.05, 4.69) is 13.8 Å². The summed E-state index contributed by atoms with van der Waals surface area (Å²) in [5.74, 6) is -0.189. The maximum Gasteiger partial charge on any atom is 1.00 e. The summed E-state index contributed by atoms with van der Waals surface area (Å²) in [6.07, 6.45) is 3.72. The maximum atomic E-state index is 10.2. The molecule has 0 spiro atoms. The molecule has 6 heteroatoms. The van der Waals surface area contributed by atoms with Crippen LogP contribution < -0.4 is 29.6 Å². The standard InChI is InChI=1S/C7H17O3PS.Na/c1-3-11(4-2)6-5-7-12(8,9)10;/h3-7H2,1-2H3,(H,8,9,10);/q;+1/p-1. The van der Waals surface area contributed by atoms with E-state index in [1.165, 1.54) is 0 Å². The van der Waals surface area contributed by atoms with Gasteiger partial charge in [-0.2, -0.15) is 0 Å². The Hall–Kier alpha value is 1.34. The molecule has 74 valence electrons. The second-order valence-electron chi connectivity index (χ2n) is 2.64. The summed E-state index contributed by atoms with van der Waals surface area (Å²) in [6.45, 7) is 4.22. The number of hydrogen-bond donors (Lipinski definition) is 0. The molecule has 0 atom stereocenters. The zero-order valence-electron chi connectivity index (χ0n) is 8.62. The van der Waals surface area contributed by atoms with E-state index in [1.807, 2.05) is 0 Å². The molecular weight excluding hydrogens is 218 g/mol. The van der Waals surface area contributed by atoms with E-state index >= 15 is 0 Å². The SMILES string of the molecule is CCP(CC)CCCS(=O)(=O)[O-].[Na+]. The van der Waals surface area contributed by atoms with Crippen LogP contribution in [0.5, 0.6) is 0 Å². The Labute approximate surface area is 104 Å². The summed E-state index contributed by atoms with van der Waals surface area (Å²) in [7, 11) is -3.99. The molecule has 0 N–H and O–H groups in total. The minimum absolute atomic E-state index is 0. The first-order chi connectivity index (χ1) is 5.49. The van der Waals surface area contributed by atoms with Crippen LogP contribution in [0.1, 0.15) is 20.3 Å². The zero-order valence-corrected chi connectivity index (χ0v) is 12.3. The van der Waals surface area contributed by atoms with Crippen molar-refractivity contribution in [1.82, 2.24) is 0 Å². The van der Waals surface area contributed by atoms with Crippen molar-refractivity contribution in [2.45, 2.75) is 20.3 Å². The molecule has 0 saturated heterocycles. The van der Waals surface area contributed by atoms with E-state index in [1.54, 1.807) is 0 Å². The fourth-order valence-electron chi connectivity index (χ4n) is 1.00. The van der Waals surface area contributed by atoms with Crippen LogP contribution in [0.25, 0.3) is 0 Å². The average molecular weight is 234 g/mol. The smallest absolute Gasteiger partial charge is 0.748 e. The summed E-state index contributed by atoms with van der Waals surface area (Å²) in [5, 5.41) is 0. The predicted molar refractivity (Wildman–Crippen MR) is 52.1 cm³/mol. The van der Waals surface area contributed by atoms with Gasteiger partial charge in [0.2, 0.25) is 0 Å². The number of rotatable bonds is 6. The van der Waals surface area contributed by atoms with Gasteiger partial charge in [0, 0.05) is 5.75 Å². The molecule has 0 amide bonds. The third kappa shape index (κ3) is 11.3. The Morgan fingerprint density at radius 1 is 1.23 bits per heavy atom. The predicted octanol–water partition coefficient (Wildman–Crippen LogP) is -1.55. The summed E-state index contributed by atoms with van der Waals surface area (Å²) in [5.41, 5.74) is 0. The second-order valence-corrected chi connectivity index (χ2v) is 7.22. The third-order valence-corrected chi connectivity index (χ3v) is 5.29. The quantitative estimate of drug-likeness (QED) is 0.317. The fraction of sp³-hybridized carbons (Fsp3) is 1.00. The van der Waals surface area contributed by atoms with Crippen molar-refractivity contribution in [1.29, 1.82) is 0 Å². The van der Waals surface area contributed by atoms with Crippen LogP contribution in [0.2, 0.25) is 0 Å². The number of hydrogen-bond acceptors (Lipinski definition) is 3. The zero-order chi connectivity index (χ0) is 9.61. The van der Waals surface area contributed by atoms with E-state index in [9.17, 15) is 13.0 Å². The summed E-state index contributed by atoms with van der Waals surface area (Å²) in [6, 6.07) is 0. The molecule has 0 aliphatic heterocycles. The molecule has 0 aromatic rings. The van der Waals surface area contributed by atoms with Crippen molar-refractivity contribution in [3.8, 4) is 0 Å². The Balaban J connectivity index is 0. The third-order valence-electron chi connectivity index (χ3n) is 1.76. The van der Waals surface area contributed by atoms with Gasteiger partial charge in [-0.25, -0.2) is 8.42 Å². The first-order valence-electron chi connectivity index (χ1n) is 4.15. The maximum absolute atomic E-state index is 10.2. The molecule has 0 fully saturated rings. The van der Waals surface area contributed by atoms with Crippen molar-refractivity contribution in [2.75, 3.05) is 24.2 Å². The molecule has 0 aliphatic carbocycles. The summed E-state index contributed by atoms with van der Waals surface area (Å²) in [4.78, 5) is 0. The van der Waals surface area contributed by atoms with Gasteiger partial charge in [0.1, 0.15) is 0 Å². The molecule has 0 aromatic carbocycles. The Morgan fingerprint density at radius 2 is 1.69 bits per heavy atom. The molecule has 0 aliphatic rings. The van der Waals surface area contributed by atoms with Crippen LogP contribution in [0.4, 0.5) is 0 Å². The van der Waals surface area contributed by atoms with Crippen molar-refractivity contribution in [3.05, 3.63) is 0 Å². The van der Waals surface area contributed by atoms with E-state index in [0.29, 0.717) is 6.42 Å². The van der Waals surface area contributed by atoms with Crippen LogP contribution in [-0.4, -0.2) is 37.2 Å². The van der Waals surface area contributed by atoms with Crippen molar-refractivity contribution >= 4 is 18.0 Å². The Bertz CT molecular complexity index is 202. The monoisotopic (exact) mass is 234 g/mol. The van der Waals surface area contributed by atoms with E-state index in [0.717, 1.165) is 18.5 Å². The molecule has 0 rings (SSSR count). The molecule has 3 nitrogen and oxygen atoms in total. The largest absolute Gasteiger partial charge is 1.00 e. The van der Waals surface area contributed by atoms with E-state index in [4.69, 9.17) is 0 Å². The Morgan fingerprint density at radius 3 is 2.00 bits per heavy atom. The fourth-order valence-corrected chi connectivity index (χ4v) is 3.40. The topological polar surface area (TPSA) is 57.2 Å². The van der Waals surface area contributed by atoms with Gasteiger partial charge in [0.05, 0.1) is 10.1 Å². The molecule has 0 saturated carbocycles. The van der Waals surface area contributed by atoms with Crippen LogP contribution in [0.3, 0.4) is 0 Å². The normalized spacial score (nSPS) is 11.4. The van der Waals surface area contributed by atoms with Gasteiger partial charge in [-0.05, 0) is 24.9 Å². The van der Waals surface area contributed by atoms with Gasteiger partial charge < -0.3 is 4.55 Å². The van der Waals surface area contributed by atoms with Crippen LogP contribution in [0, 0.1) is 0 Å². The van der Waals surface area contributed by atoms with Crippen LogP contribution in [-0.2, 0) is 10.1 Å². The molecule has 0 bridgehead atoms. The molecule has 0 unspecified atom stereocenters. The summed E-state index contributed by atoms with van der Waals surface area (Å²) >= 11 is 0. The molecule has 0 radical (unpaired) electrons. The molecule has 0 heterocycles. The molecule has 13 heavy (non-hydrogen) atoms. The minimum Gasteiger partial charge on any atom is -0.748 e. The van der Waals surface area contributed by atoms with Crippen LogP contribution >= 0.6 is 7.92 Å². The van der Waals surface area contributed by atoms with Crippen molar-refractivity contribution in [2.24, 2.45) is 0 Å². The van der Waals surface area contributed by atoms with Crippen molar-refractivity contribution in [3.63, 3.8) is 0 Å². The van der Waals surface area contributed by atoms with Gasteiger partial charge in [-0.15, -0.1) is 7.92 Å². The van der Waals surface area contributed by atoms with Gasteiger partial charge in [-0.3, -0.25) is 0 Å². The summed E-state index contributed by atoms with van der Waals surface area (Å²) < 4.78 is 30.7. The van der Waals surface area contributed by atoms with Gasteiger partial charge >= 0.3 is 29.6 Å². The van der Waals surface area contributed by atoms with Gasteiger partial charge in [0.15, 0.2) is 0 Å². The average Bonchev–Trinajstić information content (AvgIpc) is 1.96. The van der Waals surface area contributed by atoms with E-state index in [-0.39, 0.29) is 43.2 Å². The second kappa shape index (κ2) is 8.63. The van der Waals surface area contributed by atoms with Crippen molar-refractivity contribution < 1.29 is 42.5 Å². The molecule has 0 aromatic heterocycles. The van der Waals surface area contributed by atoms with E-state index < -0.39 is 10.1 Å². The van der Waals surface area contributed by atoms with Crippen LogP contribution in [0.15, 0.2) is 0 Å². The van der Waals surface area contributed by atoms with Gasteiger partial charge in [-0.1, -0.05) is 13.8 Å². The van der Waals surface area contributed by atoms with Gasteiger partial charge in [0.25, 0.3) is 0 Å². The Kier molecular flexibility index (Phi) is 11.1. The molecular formula is C7H16NaO3PS. The first-order valence-corrected chi connectivity index (χ1v) is 7.63. The first kappa shape index (κ1) is 16.8.